The minimum Gasteiger partial charge on any atom is -0.373 e. The summed E-state index contributed by atoms with van der Waals surface area (Å²) in [5.74, 6) is 0. The van der Waals surface area contributed by atoms with Crippen LogP contribution in [-0.2, 0) is 26.1 Å². The van der Waals surface area contributed by atoms with Gasteiger partial charge in [-0.3, -0.25) is 4.68 Å². The predicted molar refractivity (Wildman–Crippen MR) is 113 cm³/mol. The van der Waals surface area contributed by atoms with Crippen molar-refractivity contribution in [1.29, 1.82) is 0 Å². The summed E-state index contributed by atoms with van der Waals surface area (Å²) >= 11 is 7.84. The number of aryl methyl sites for hydroxylation is 2. The summed E-state index contributed by atoms with van der Waals surface area (Å²) in [7, 11) is 1.82. The van der Waals surface area contributed by atoms with E-state index in [0.717, 1.165) is 33.6 Å². The summed E-state index contributed by atoms with van der Waals surface area (Å²) in [5, 5.41) is 8.89. The normalized spacial score (nSPS) is 12.9. The van der Waals surface area contributed by atoms with Gasteiger partial charge in [0.25, 0.3) is 0 Å². The molecule has 1 aromatic carbocycles. The molecule has 9 heteroatoms. The quantitative estimate of drug-likeness (QED) is 0.517. The Labute approximate surface area is 176 Å². The van der Waals surface area contributed by atoms with E-state index in [-0.39, 0.29) is 24.6 Å². The van der Waals surface area contributed by atoms with E-state index in [1.807, 2.05) is 20.0 Å². The molecule has 0 radical (unpaired) electrons. The summed E-state index contributed by atoms with van der Waals surface area (Å²) in [6.07, 6.45) is -1.82. The highest BCUT2D eigenvalue weighted by Gasteiger charge is 2.33. The number of hydrogen-bond donors (Lipinski definition) is 2. The zero-order chi connectivity index (χ0) is 21.2. The summed E-state index contributed by atoms with van der Waals surface area (Å²) in [5.41, 5.74) is 7.27. The summed E-state index contributed by atoms with van der Waals surface area (Å²) in [6.45, 7) is 2.25. The third-order valence-corrected chi connectivity index (χ3v) is 6.19. The van der Waals surface area contributed by atoms with E-state index in [1.54, 1.807) is 28.3 Å². The molecule has 4 nitrogen and oxygen atoms in total. The number of thiophene rings is 1. The molecule has 2 aromatic heterocycles. The summed E-state index contributed by atoms with van der Waals surface area (Å²) < 4.78 is 41.6. The topological polar surface area (TPSA) is 55.9 Å². The first-order valence-electron chi connectivity index (χ1n) is 9.16. The number of hydrogen-bond acceptors (Lipinski definition) is 4. The van der Waals surface area contributed by atoms with Crippen LogP contribution in [0.2, 0.25) is 5.02 Å². The lowest BCUT2D eigenvalue weighted by molar-refractivity contribution is -0.138. The molecule has 29 heavy (non-hydrogen) atoms. The molecule has 3 rings (SSSR count). The SMILES string of the molecule is CCc1sc(N[C@H](CN)Cc2ccccc2C(F)(F)F)cc1-c1c(Cl)cnn1C. The number of nitrogens with two attached hydrogens (primary N) is 1. The highest BCUT2D eigenvalue weighted by Crippen LogP contribution is 2.39. The van der Waals surface area contributed by atoms with Crippen LogP contribution in [0.4, 0.5) is 18.2 Å². The molecule has 0 aliphatic carbocycles. The average molecular weight is 443 g/mol. The van der Waals surface area contributed by atoms with Gasteiger partial charge in [0.1, 0.15) is 0 Å². The van der Waals surface area contributed by atoms with Crippen LogP contribution in [0.3, 0.4) is 0 Å². The van der Waals surface area contributed by atoms with Gasteiger partial charge >= 0.3 is 6.18 Å². The Kier molecular flexibility index (Phi) is 6.55. The minimum absolute atomic E-state index is 0.174. The lowest BCUT2D eigenvalue weighted by Crippen LogP contribution is -2.31. The van der Waals surface area contributed by atoms with Crippen molar-refractivity contribution in [3.8, 4) is 11.3 Å². The van der Waals surface area contributed by atoms with E-state index in [1.165, 1.54) is 12.1 Å². The van der Waals surface area contributed by atoms with Gasteiger partial charge in [0.2, 0.25) is 0 Å². The van der Waals surface area contributed by atoms with Crippen molar-refractivity contribution in [2.45, 2.75) is 32.0 Å². The first kappa shape index (κ1) is 21.7. The number of rotatable bonds is 7. The molecule has 3 N–H and O–H groups in total. The average Bonchev–Trinajstić information content (AvgIpc) is 3.22. The fourth-order valence-corrected chi connectivity index (χ4v) is 4.66. The fourth-order valence-electron chi connectivity index (χ4n) is 3.31. The molecule has 0 bridgehead atoms. The maximum atomic E-state index is 13.3. The number of halogens is 4. The third kappa shape index (κ3) is 4.76. The van der Waals surface area contributed by atoms with Crippen LogP contribution < -0.4 is 11.1 Å². The fraction of sp³-hybridized carbons (Fsp3) is 0.350. The zero-order valence-corrected chi connectivity index (χ0v) is 17.6. The van der Waals surface area contributed by atoms with Gasteiger partial charge in [-0.2, -0.15) is 18.3 Å². The molecule has 0 spiro atoms. The van der Waals surface area contributed by atoms with E-state index in [9.17, 15) is 13.2 Å². The van der Waals surface area contributed by atoms with Crippen molar-refractivity contribution < 1.29 is 13.2 Å². The number of benzene rings is 1. The van der Waals surface area contributed by atoms with Crippen LogP contribution in [0.15, 0.2) is 36.5 Å². The van der Waals surface area contributed by atoms with Gasteiger partial charge in [-0.05, 0) is 30.5 Å². The molecule has 0 fully saturated rings. The van der Waals surface area contributed by atoms with Crippen LogP contribution in [0.5, 0.6) is 0 Å². The molecule has 1 atom stereocenters. The van der Waals surface area contributed by atoms with Crippen molar-refractivity contribution in [3.05, 3.63) is 57.6 Å². The second-order valence-electron chi connectivity index (χ2n) is 6.70. The van der Waals surface area contributed by atoms with E-state index in [4.69, 9.17) is 17.3 Å². The molecule has 0 saturated carbocycles. The Balaban J connectivity index is 1.86. The van der Waals surface area contributed by atoms with Crippen LogP contribution in [0.25, 0.3) is 11.3 Å². The van der Waals surface area contributed by atoms with Gasteiger partial charge in [-0.15, -0.1) is 11.3 Å². The van der Waals surface area contributed by atoms with Crippen molar-refractivity contribution in [1.82, 2.24) is 9.78 Å². The molecule has 0 amide bonds. The van der Waals surface area contributed by atoms with E-state index in [2.05, 4.69) is 10.4 Å². The Morgan fingerprint density at radius 2 is 2.03 bits per heavy atom. The molecule has 2 heterocycles. The highest BCUT2D eigenvalue weighted by atomic mass is 35.5. The van der Waals surface area contributed by atoms with Gasteiger partial charge in [-0.25, -0.2) is 0 Å². The smallest absolute Gasteiger partial charge is 0.373 e. The van der Waals surface area contributed by atoms with Gasteiger partial charge in [0, 0.05) is 30.1 Å². The second kappa shape index (κ2) is 8.77. The van der Waals surface area contributed by atoms with Crippen molar-refractivity contribution in [2.24, 2.45) is 12.8 Å². The van der Waals surface area contributed by atoms with Crippen molar-refractivity contribution in [3.63, 3.8) is 0 Å². The summed E-state index contributed by atoms with van der Waals surface area (Å²) in [6, 6.07) is 7.24. The molecule has 0 unspecified atom stereocenters. The molecule has 156 valence electrons. The molecule has 0 aliphatic heterocycles. The summed E-state index contributed by atoms with van der Waals surface area (Å²) in [4.78, 5) is 1.12. The molecular formula is C20H22ClF3N4S. The van der Waals surface area contributed by atoms with Crippen molar-refractivity contribution in [2.75, 3.05) is 11.9 Å². The van der Waals surface area contributed by atoms with Crippen molar-refractivity contribution >= 4 is 27.9 Å². The molecule has 3 aromatic rings. The van der Waals surface area contributed by atoms with Gasteiger partial charge < -0.3 is 11.1 Å². The lowest BCUT2D eigenvalue weighted by Gasteiger charge is -2.20. The number of nitrogens with one attached hydrogen (secondary N) is 1. The number of nitrogens with zero attached hydrogens (tertiary/aromatic N) is 2. The number of alkyl halides is 3. The Bertz CT molecular complexity index is 961. The van der Waals surface area contributed by atoms with Gasteiger partial charge in [-0.1, -0.05) is 36.7 Å². The number of aromatic nitrogens is 2. The van der Waals surface area contributed by atoms with Crippen LogP contribution in [0.1, 0.15) is 22.9 Å². The standard InChI is InChI=1S/C20H22ClF3N4S/c1-3-17-14(19-16(21)11-26-28(19)2)9-18(29-17)27-13(10-25)8-12-6-4-5-7-15(12)20(22,23)24/h4-7,9,11,13,27H,3,8,10,25H2,1-2H3/t13-/m0/s1. The van der Waals surface area contributed by atoms with Gasteiger partial charge in [0.05, 0.1) is 27.5 Å². The Morgan fingerprint density at radius 3 is 2.62 bits per heavy atom. The second-order valence-corrected chi connectivity index (χ2v) is 8.25. The first-order valence-corrected chi connectivity index (χ1v) is 10.4. The van der Waals surface area contributed by atoms with Crippen LogP contribution in [-0.4, -0.2) is 22.4 Å². The Morgan fingerprint density at radius 1 is 1.31 bits per heavy atom. The zero-order valence-electron chi connectivity index (χ0n) is 16.1. The Hall–Kier alpha value is -2.03. The third-order valence-electron chi connectivity index (χ3n) is 4.70. The maximum absolute atomic E-state index is 13.3. The number of anilines is 1. The van der Waals surface area contributed by atoms with Crippen LogP contribution >= 0.6 is 22.9 Å². The van der Waals surface area contributed by atoms with E-state index in [0.29, 0.717) is 5.02 Å². The highest BCUT2D eigenvalue weighted by molar-refractivity contribution is 7.16. The monoisotopic (exact) mass is 442 g/mol. The lowest BCUT2D eigenvalue weighted by atomic mass is 10.00. The molecule has 0 aliphatic rings. The van der Waals surface area contributed by atoms with Crippen LogP contribution in [0, 0.1) is 0 Å². The maximum Gasteiger partial charge on any atom is 0.416 e. The largest absolute Gasteiger partial charge is 0.416 e. The first-order chi connectivity index (χ1) is 13.7. The van der Waals surface area contributed by atoms with E-state index < -0.39 is 11.7 Å². The van der Waals surface area contributed by atoms with Gasteiger partial charge in [0.15, 0.2) is 0 Å². The van der Waals surface area contributed by atoms with E-state index >= 15 is 0 Å². The minimum atomic E-state index is -4.39. The molecular weight excluding hydrogens is 421 g/mol. The predicted octanol–water partition coefficient (Wildman–Crippen LogP) is 5.37. The molecule has 0 saturated heterocycles.